The summed E-state index contributed by atoms with van der Waals surface area (Å²) in [5.74, 6) is 0.263. The van der Waals surface area contributed by atoms with Crippen molar-refractivity contribution in [1.29, 1.82) is 5.26 Å². The number of nitrogens with zero attached hydrogens (tertiary/aromatic N) is 3. The molecule has 0 radical (unpaired) electrons. The molecule has 2 unspecified atom stereocenters. The molecule has 2 fully saturated rings. The van der Waals surface area contributed by atoms with Gasteiger partial charge in [0.25, 0.3) is 0 Å². The van der Waals surface area contributed by atoms with Crippen molar-refractivity contribution in [2.24, 2.45) is 5.92 Å². The van der Waals surface area contributed by atoms with Crippen molar-refractivity contribution in [2.45, 2.75) is 50.1 Å². The van der Waals surface area contributed by atoms with Crippen molar-refractivity contribution in [2.75, 3.05) is 27.7 Å². The average Bonchev–Trinajstić information content (AvgIpc) is 2.70. The summed E-state index contributed by atoms with van der Waals surface area (Å²) in [6.45, 7) is 1.13. The lowest BCUT2D eigenvalue weighted by Gasteiger charge is -2.50. The van der Waals surface area contributed by atoms with Gasteiger partial charge in [-0.2, -0.15) is 5.26 Å². The Labute approximate surface area is 105 Å². The number of hydrogen-bond donors (Lipinski definition) is 0. The van der Waals surface area contributed by atoms with Gasteiger partial charge in [0.05, 0.1) is 12.0 Å². The lowest BCUT2D eigenvalue weighted by atomic mass is 9.75. The Hall–Kier alpha value is -0.590. The Morgan fingerprint density at radius 3 is 2.35 bits per heavy atom. The minimum atomic E-state index is 0.263. The van der Waals surface area contributed by atoms with Gasteiger partial charge in [0, 0.05) is 18.1 Å². The molecule has 2 rings (SSSR count). The predicted octanol–water partition coefficient (Wildman–Crippen LogP) is 2.09. The molecule has 17 heavy (non-hydrogen) atoms. The normalized spacial score (nSPS) is 31.5. The zero-order valence-electron chi connectivity index (χ0n) is 11.4. The van der Waals surface area contributed by atoms with Gasteiger partial charge in [-0.05, 0) is 53.2 Å². The van der Waals surface area contributed by atoms with Crippen LogP contribution in [0.4, 0.5) is 0 Å². The van der Waals surface area contributed by atoms with Gasteiger partial charge in [-0.15, -0.1) is 0 Å². The summed E-state index contributed by atoms with van der Waals surface area (Å²) >= 11 is 0. The molecule has 0 spiro atoms. The van der Waals surface area contributed by atoms with E-state index in [1.807, 2.05) is 0 Å². The summed E-state index contributed by atoms with van der Waals surface area (Å²) in [6, 6.07) is 2.99. The highest BCUT2D eigenvalue weighted by atomic mass is 15.2. The van der Waals surface area contributed by atoms with Crippen LogP contribution in [-0.4, -0.2) is 49.1 Å². The standard InChI is InChI=1S/C14H25N3/c1-16(2)14(8-5-9-14)11-17(3)13-7-4-6-12(13)10-15/h12-13H,4-9,11H2,1-3H3. The third-order valence-corrected chi connectivity index (χ3v) is 4.99. The van der Waals surface area contributed by atoms with Crippen LogP contribution in [0.15, 0.2) is 0 Å². The van der Waals surface area contributed by atoms with Crippen LogP contribution in [0.3, 0.4) is 0 Å². The largest absolute Gasteiger partial charge is 0.302 e. The SMILES string of the molecule is CN(CC1(N(C)C)CCC1)C1CCCC1C#N. The van der Waals surface area contributed by atoms with Crippen LogP contribution in [0.25, 0.3) is 0 Å². The third-order valence-electron chi connectivity index (χ3n) is 4.99. The molecule has 0 amide bonds. The molecule has 0 saturated heterocycles. The van der Waals surface area contributed by atoms with E-state index in [1.54, 1.807) is 0 Å². The molecule has 2 aliphatic rings. The Balaban J connectivity index is 1.96. The Morgan fingerprint density at radius 2 is 1.88 bits per heavy atom. The monoisotopic (exact) mass is 235 g/mol. The molecule has 96 valence electrons. The summed E-state index contributed by atoms with van der Waals surface area (Å²) in [5.41, 5.74) is 0.386. The van der Waals surface area contributed by atoms with Gasteiger partial charge < -0.3 is 9.80 Å². The molecular formula is C14H25N3. The van der Waals surface area contributed by atoms with Gasteiger partial charge in [0.2, 0.25) is 0 Å². The molecule has 3 heteroatoms. The van der Waals surface area contributed by atoms with Crippen LogP contribution >= 0.6 is 0 Å². The molecule has 0 aromatic heterocycles. The second-order valence-corrected chi connectivity index (χ2v) is 6.12. The van der Waals surface area contributed by atoms with Crippen LogP contribution in [0.2, 0.25) is 0 Å². The number of nitriles is 1. The van der Waals surface area contributed by atoms with Crippen molar-refractivity contribution in [1.82, 2.24) is 9.80 Å². The molecule has 2 atom stereocenters. The summed E-state index contributed by atoms with van der Waals surface area (Å²) in [7, 11) is 6.61. The van der Waals surface area contributed by atoms with E-state index in [9.17, 15) is 5.26 Å². The van der Waals surface area contributed by atoms with E-state index in [0.29, 0.717) is 11.6 Å². The molecular weight excluding hydrogens is 210 g/mol. The first-order chi connectivity index (χ1) is 8.09. The quantitative estimate of drug-likeness (QED) is 0.747. The Morgan fingerprint density at radius 1 is 1.18 bits per heavy atom. The van der Waals surface area contributed by atoms with Crippen LogP contribution in [0, 0.1) is 17.2 Å². The fourth-order valence-electron chi connectivity index (χ4n) is 3.53. The second kappa shape index (κ2) is 4.96. The maximum atomic E-state index is 9.18. The fraction of sp³-hybridized carbons (Fsp3) is 0.929. The van der Waals surface area contributed by atoms with Crippen molar-refractivity contribution in [3.8, 4) is 6.07 Å². The predicted molar refractivity (Wildman–Crippen MR) is 69.6 cm³/mol. The summed E-state index contributed by atoms with van der Waals surface area (Å²) < 4.78 is 0. The van der Waals surface area contributed by atoms with E-state index in [1.165, 1.54) is 32.1 Å². The Bertz CT molecular complexity index is 301. The van der Waals surface area contributed by atoms with Gasteiger partial charge in [0.1, 0.15) is 0 Å². The lowest BCUT2D eigenvalue weighted by molar-refractivity contribution is 0.0137. The number of hydrogen-bond acceptors (Lipinski definition) is 3. The molecule has 2 saturated carbocycles. The average molecular weight is 235 g/mol. The van der Waals surface area contributed by atoms with Crippen LogP contribution < -0.4 is 0 Å². The highest BCUT2D eigenvalue weighted by molar-refractivity contribution is 5.02. The molecule has 3 nitrogen and oxygen atoms in total. The van der Waals surface area contributed by atoms with E-state index in [2.05, 4.69) is 37.0 Å². The minimum Gasteiger partial charge on any atom is -0.302 e. The van der Waals surface area contributed by atoms with E-state index >= 15 is 0 Å². The second-order valence-electron chi connectivity index (χ2n) is 6.12. The minimum absolute atomic E-state index is 0.263. The van der Waals surface area contributed by atoms with Crippen molar-refractivity contribution < 1.29 is 0 Å². The summed E-state index contributed by atoms with van der Waals surface area (Å²) in [6.07, 6.45) is 7.52. The smallest absolute Gasteiger partial charge is 0.0672 e. The van der Waals surface area contributed by atoms with Gasteiger partial charge >= 0.3 is 0 Å². The first-order valence-electron chi connectivity index (χ1n) is 6.86. The lowest BCUT2D eigenvalue weighted by Crippen LogP contribution is -2.58. The highest BCUT2D eigenvalue weighted by Crippen LogP contribution is 2.38. The maximum Gasteiger partial charge on any atom is 0.0672 e. The first kappa shape index (κ1) is 12.9. The van der Waals surface area contributed by atoms with Crippen molar-refractivity contribution in [3.05, 3.63) is 0 Å². The number of rotatable bonds is 4. The van der Waals surface area contributed by atoms with E-state index in [0.717, 1.165) is 13.0 Å². The van der Waals surface area contributed by atoms with Crippen molar-refractivity contribution in [3.63, 3.8) is 0 Å². The van der Waals surface area contributed by atoms with E-state index < -0.39 is 0 Å². The zero-order chi connectivity index (χ0) is 12.5. The summed E-state index contributed by atoms with van der Waals surface area (Å²) in [4.78, 5) is 4.85. The van der Waals surface area contributed by atoms with Crippen molar-refractivity contribution >= 4 is 0 Å². The maximum absolute atomic E-state index is 9.18. The fourth-order valence-corrected chi connectivity index (χ4v) is 3.53. The molecule has 0 aromatic carbocycles. The topological polar surface area (TPSA) is 30.3 Å². The zero-order valence-corrected chi connectivity index (χ0v) is 11.4. The Kier molecular flexibility index (Phi) is 3.75. The van der Waals surface area contributed by atoms with E-state index in [-0.39, 0.29) is 5.92 Å². The molecule has 0 N–H and O–H groups in total. The number of likely N-dealkylation sites (N-methyl/N-ethyl adjacent to an activating group) is 2. The highest BCUT2D eigenvalue weighted by Gasteiger charge is 2.42. The van der Waals surface area contributed by atoms with Crippen LogP contribution in [0.1, 0.15) is 38.5 Å². The summed E-state index contributed by atoms with van der Waals surface area (Å²) in [5, 5.41) is 9.18. The molecule has 0 aromatic rings. The molecule has 0 aliphatic heterocycles. The van der Waals surface area contributed by atoms with Gasteiger partial charge in [-0.1, -0.05) is 6.42 Å². The third kappa shape index (κ3) is 2.34. The van der Waals surface area contributed by atoms with Gasteiger partial charge in [0.15, 0.2) is 0 Å². The molecule has 0 bridgehead atoms. The van der Waals surface area contributed by atoms with Crippen LogP contribution in [-0.2, 0) is 0 Å². The van der Waals surface area contributed by atoms with Crippen LogP contribution in [0.5, 0.6) is 0 Å². The van der Waals surface area contributed by atoms with Gasteiger partial charge in [-0.25, -0.2) is 0 Å². The molecule has 2 aliphatic carbocycles. The van der Waals surface area contributed by atoms with E-state index in [4.69, 9.17) is 0 Å². The first-order valence-corrected chi connectivity index (χ1v) is 6.86. The molecule has 0 heterocycles. The van der Waals surface area contributed by atoms with Gasteiger partial charge in [-0.3, -0.25) is 0 Å².